The van der Waals surface area contributed by atoms with Crippen LogP contribution in [0.5, 0.6) is 5.75 Å². The van der Waals surface area contributed by atoms with Crippen molar-refractivity contribution in [2.75, 3.05) is 6.61 Å². The van der Waals surface area contributed by atoms with Crippen LogP contribution in [0.25, 0.3) is 0 Å². The standard InChI is InChI=1S/C22H27FN2O3/c1-15(2)24-22(27)17(4)25(13-18-8-10-19(23)11-9-18)21(26)14-28-20-7-5-6-16(3)12-20/h5-12,15,17H,13-14H2,1-4H3,(H,24,27)/t17-/m1/s1. The highest BCUT2D eigenvalue weighted by atomic mass is 19.1. The highest BCUT2D eigenvalue weighted by Gasteiger charge is 2.26. The zero-order valence-electron chi connectivity index (χ0n) is 16.7. The lowest BCUT2D eigenvalue weighted by atomic mass is 10.1. The number of halogens is 1. The van der Waals surface area contributed by atoms with Crippen LogP contribution in [-0.2, 0) is 16.1 Å². The molecule has 0 saturated carbocycles. The van der Waals surface area contributed by atoms with Gasteiger partial charge in [0.1, 0.15) is 17.6 Å². The molecule has 2 aromatic rings. The van der Waals surface area contributed by atoms with Crippen LogP contribution in [0.3, 0.4) is 0 Å². The van der Waals surface area contributed by atoms with E-state index in [0.29, 0.717) is 5.75 Å². The first kappa shape index (κ1) is 21.4. The lowest BCUT2D eigenvalue weighted by Crippen LogP contribution is -2.50. The maximum atomic E-state index is 13.2. The molecule has 6 heteroatoms. The normalized spacial score (nSPS) is 11.8. The van der Waals surface area contributed by atoms with Gasteiger partial charge in [-0.15, -0.1) is 0 Å². The van der Waals surface area contributed by atoms with E-state index in [1.807, 2.05) is 39.0 Å². The quantitative estimate of drug-likeness (QED) is 0.756. The summed E-state index contributed by atoms with van der Waals surface area (Å²) in [7, 11) is 0. The summed E-state index contributed by atoms with van der Waals surface area (Å²) >= 11 is 0. The van der Waals surface area contributed by atoms with Gasteiger partial charge in [0.05, 0.1) is 0 Å². The van der Waals surface area contributed by atoms with Crippen molar-refractivity contribution in [2.45, 2.75) is 46.3 Å². The maximum absolute atomic E-state index is 13.2. The second-order valence-electron chi connectivity index (χ2n) is 7.09. The highest BCUT2D eigenvalue weighted by molar-refractivity contribution is 5.88. The number of ether oxygens (including phenoxy) is 1. The summed E-state index contributed by atoms with van der Waals surface area (Å²) in [6.45, 7) is 7.32. The molecule has 0 fully saturated rings. The fraction of sp³-hybridized carbons (Fsp3) is 0.364. The average molecular weight is 386 g/mol. The van der Waals surface area contributed by atoms with E-state index >= 15 is 0 Å². The van der Waals surface area contributed by atoms with Crippen LogP contribution in [0.1, 0.15) is 31.9 Å². The first-order valence-corrected chi connectivity index (χ1v) is 9.30. The van der Waals surface area contributed by atoms with Crippen molar-refractivity contribution in [3.05, 3.63) is 65.5 Å². The Morgan fingerprint density at radius 3 is 2.39 bits per heavy atom. The van der Waals surface area contributed by atoms with Crippen LogP contribution >= 0.6 is 0 Å². The molecular formula is C22H27FN2O3. The molecule has 0 saturated heterocycles. The van der Waals surface area contributed by atoms with Crippen LogP contribution in [0.4, 0.5) is 4.39 Å². The van der Waals surface area contributed by atoms with Crippen molar-refractivity contribution in [1.29, 1.82) is 0 Å². The Labute approximate surface area is 165 Å². The van der Waals surface area contributed by atoms with Crippen LogP contribution in [0.15, 0.2) is 48.5 Å². The summed E-state index contributed by atoms with van der Waals surface area (Å²) in [6.07, 6.45) is 0. The molecule has 2 rings (SSSR count). The van der Waals surface area contributed by atoms with E-state index in [1.54, 1.807) is 25.1 Å². The molecule has 1 atom stereocenters. The number of aryl methyl sites for hydroxylation is 1. The monoisotopic (exact) mass is 386 g/mol. The van der Waals surface area contributed by atoms with E-state index in [1.165, 1.54) is 17.0 Å². The highest BCUT2D eigenvalue weighted by Crippen LogP contribution is 2.14. The van der Waals surface area contributed by atoms with Gasteiger partial charge in [-0.2, -0.15) is 0 Å². The van der Waals surface area contributed by atoms with Gasteiger partial charge in [0.2, 0.25) is 5.91 Å². The number of carbonyl (C=O) groups is 2. The summed E-state index contributed by atoms with van der Waals surface area (Å²) in [5.74, 6) is -0.331. The minimum absolute atomic E-state index is 0.0405. The molecule has 0 aliphatic heterocycles. The summed E-state index contributed by atoms with van der Waals surface area (Å²) in [5.41, 5.74) is 1.76. The van der Waals surface area contributed by atoms with Crippen molar-refractivity contribution in [2.24, 2.45) is 0 Å². The van der Waals surface area contributed by atoms with Crippen LogP contribution in [-0.4, -0.2) is 35.4 Å². The van der Waals surface area contributed by atoms with Gasteiger partial charge < -0.3 is 15.0 Å². The first-order chi connectivity index (χ1) is 13.3. The number of amides is 2. The fourth-order valence-corrected chi connectivity index (χ4v) is 2.71. The molecule has 0 aliphatic carbocycles. The van der Waals surface area contributed by atoms with E-state index in [4.69, 9.17) is 4.74 Å². The zero-order chi connectivity index (χ0) is 20.7. The Morgan fingerprint density at radius 2 is 1.79 bits per heavy atom. The van der Waals surface area contributed by atoms with E-state index < -0.39 is 6.04 Å². The predicted octanol–water partition coefficient (Wildman–Crippen LogP) is 3.45. The summed E-state index contributed by atoms with van der Waals surface area (Å²) in [4.78, 5) is 26.8. The lowest BCUT2D eigenvalue weighted by Gasteiger charge is -2.29. The number of nitrogens with zero attached hydrogens (tertiary/aromatic N) is 1. The Bertz CT molecular complexity index is 806. The Morgan fingerprint density at radius 1 is 1.11 bits per heavy atom. The van der Waals surface area contributed by atoms with Gasteiger partial charge in [-0.1, -0.05) is 24.3 Å². The Kier molecular flexibility index (Phi) is 7.55. The van der Waals surface area contributed by atoms with Crippen molar-refractivity contribution >= 4 is 11.8 Å². The van der Waals surface area contributed by atoms with Gasteiger partial charge in [-0.05, 0) is 63.1 Å². The van der Waals surface area contributed by atoms with Gasteiger partial charge in [0.15, 0.2) is 6.61 Å². The van der Waals surface area contributed by atoms with Gasteiger partial charge in [-0.3, -0.25) is 9.59 Å². The lowest BCUT2D eigenvalue weighted by molar-refractivity contribution is -0.142. The molecule has 150 valence electrons. The molecule has 0 radical (unpaired) electrons. The van der Waals surface area contributed by atoms with Gasteiger partial charge in [0, 0.05) is 12.6 Å². The minimum Gasteiger partial charge on any atom is -0.484 e. The van der Waals surface area contributed by atoms with Crippen molar-refractivity contribution in [1.82, 2.24) is 10.2 Å². The van der Waals surface area contributed by atoms with Gasteiger partial charge >= 0.3 is 0 Å². The zero-order valence-corrected chi connectivity index (χ0v) is 16.7. The molecule has 1 N–H and O–H groups in total. The third-order valence-electron chi connectivity index (χ3n) is 4.22. The molecule has 0 aromatic heterocycles. The largest absolute Gasteiger partial charge is 0.484 e. The number of carbonyl (C=O) groups excluding carboxylic acids is 2. The van der Waals surface area contributed by atoms with E-state index in [9.17, 15) is 14.0 Å². The summed E-state index contributed by atoms with van der Waals surface area (Å²) in [5, 5.41) is 2.82. The van der Waals surface area contributed by atoms with Crippen molar-refractivity contribution in [3.63, 3.8) is 0 Å². The molecular weight excluding hydrogens is 359 g/mol. The van der Waals surface area contributed by atoms with Gasteiger partial charge in [0.25, 0.3) is 5.91 Å². The average Bonchev–Trinajstić information content (AvgIpc) is 2.64. The minimum atomic E-state index is -0.693. The molecule has 0 bridgehead atoms. The van der Waals surface area contributed by atoms with Crippen LogP contribution in [0, 0.1) is 12.7 Å². The van der Waals surface area contributed by atoms with Crippen LogP contribution in [0.2, 0.25) is 0 Å². The fourth-order valence-electron chi connectivity index (χ4n) is 2.71. The van der Waals surface area contributed by atoms with E-state index in [-0.39, 0.29) is 36.8 Å². The Hall–Kier alpha value is -2.89. The smallest absolute Gasteiger partial charge is 0.261 e. The van der Waals surface area contributed by atoms with E-state index in [0.717, 1.165) is 11.1 Å². The second kappa shape index (κ2) is 9.88. The molecule has 0 heterocycles. The van der Waals surface area contributed by atoms with Gasteiger partial charge in [-0.25, -0.2) is 4.39 Å². The molecule has 2 amide bonds. The third kappa shape index (κ3) is 6.37. The van der Waals surface area contributed by atoms with E-state index in [2.05, 4.69) is 5.32 Å². The predicted molar refractivity (Wildman–Crippen MR) is 106 cm³/mol. The molecule has 2 aromatic carbocycles. The van der Waals surface area contributed by atoms with Crippen LogP contribution < -0.4 is 10.1 Å². The maximum Gasteiger partial charge on any atom is 0.261 e. The molecule has 0 spiro atoms. The summed E-state index contributed by atoms with van der Waals surface area (Å²) < 4.78 is 18.8. The molecule has 5 nitrogen and oxygen atoms in total. The first-order valence-electron chi connectivity index (χ1n) is 9.30. The Balaban J connectivity index is 2.14. The van der Waals surface area contributed by atoms with Crippen molar-refractivity contribution < 1.29 is 18.7 Å². The SMILES string of the molecule is Cc1cccc(OCC(=O)N(Cc2ccc(F)cc2)[C@H](C)C(=O)NC(C)C)c1. The molecule has 0 unspecified atom stereocenters. The number of hydrogen-bond acceptors (Lipinski definition) is 3. The summed E-state index contributed by atoms with van der Waals surface area (Å²) in [6, 6.07) is 12.5. The number of hydrogen-bond donors (Lipinski definition) is 1. The van der Waals surface area contributed by atoms with Crippen molar-refractivity contribution in [3.8, 4) is 5.75 Å². The second-order valence-corrected chi connectivity index (χ2v) is 7.09. The topological polar surface area (TPSA) is 58.6 Å². The number of rotatable bonds is 8. The third-order valence-corrected chi connectivity index (χ3v) is 4.22. The number of nitrogens with one attached hydrogen (secondary N) is 1. The number of benzene rings is 2. The molecule has 28 heavy (non-hydrogen) atoms. The molecule has 0 aliphatic rings.